The summed E-state index contributed by atoms with van der Waals surface area (Å²) in [5, 5.41) is 2.74. The van der Waals surface area contributed by atoms with Crippen LogP contribution in [0, 0.1) is 5.92 Å². The van der Waals surface area contributed by atoms with Gasteiger partial charge in [-0.3, -0.25) is 4.79 Å². The Morgan fingerprint density at radius 1 is 1.13 bits per heavy atom. The lowest BCUT2D eigenvalue weighted by Crippen LogP contribution is -2.41. The normalized spacial score (nSPS) is 22.9. The predicted octanol–water partition coefficient (Wildman–Crippen LogP) is 0.682. The van der Waals surface area contributed by atoms with Crippen molar-refractivity contribution in [2.24, 2.45) is 5.92 Å². The smallest absolute Gasteiger partial charge is 0.245 e. The lowest BCUT2D eigenvalue weighted by Gasteiger charge is -2.27. The van der Waals surface area contributed by atoms with E-state index in [0.717, 1.165) is 0 Å². The highest BCUT2D eigenvalue weighted by molar-refractivity contribution is 7.89. The molecule has 2 heterocycles. The van der Waals surface area contributed by atoms with Gasteiger partial charge in [-0.05, 0) is 18.6 Å². The van der Waals surface area contributed by atoms with Crippen LogP contribution in [0.5, 0.6) is 0 Å². The van der Waals surface area contributed by atoms with E-state index in [2.05, 4.69) is 5.32 Å². The van der Waals surface area contributed by atoms with Crippen molar-refractivity contribution >= 4 is 21.6 Å². The first-order valence-electron chi connectivity index (χ1n) is 7.64. The van der Waals surface area contributed by atoms with Crippen LogP contribution in [-0.2, 0) is 24.3 Å². The SMILES string of the molecule is O=C(Nc1ccccc1S(=O)(=O)N1CCOCC1)[C@H]1CCOC1. The Kier molecular flexibility index (Phi) is 4.96. The monoisotopic (exact) mass is 340 g/mol. The van der Waals surface area contributed by atoms with E-state index < -0.39 is 10.0 Å². The number of sulfonamides is 1. The molecule has 0 radical (unpaired) electrons. The molecule has 126 valence electrons. The molecule has 2 aliphatic rings. The zero-order valence-electron chi connectivity index (χ0n) is 12.7. The number of amides is 1. The second kappa shape index (κ2) is 6.96. The van der Waals surface area contributed by atoms with Gasteiger partial charge in [0, 0.05) is 19.7 Å². The molecule has 0 aliphatic carbocycles. The summed E-state index contributed by atoms with van der Waals surface area (Å²) < 4.78 is 37.4. The minimum absolute atomic E-state index is 0.120. The minimum atomic E-state index is -3.65. The fourth-order valence-corrected chi connectivity index (χ4v) is 4.25. The molecule has 1 atom stereocenters. The van der Waals surface area contributed by atoms with Crippen molar-refractivity contribution in [1.29, 1.82) is 0 Å². The third kappa shape index (κ3) is 3.55. The molecule has 7 nitrogen and oxygen atoms in total. The highest BCUT2D eigenvalue weighted by Crippen LogP contribution is 2.26. The molecule has 1 aromatic carbocycles. The molecule has 2 fully saturated rings. The highest BCUT2D eigenvalue weighted by Gasteiger charge is 2.30. The fraction of sp³-hybridized carbons (Fsp3) is 0.533. The predicted molar refractivity (Wildman–Crippen MR) is 83.6 cm³/mol. The van der Waals surface area contributed by atoms with Gasteiger partial charge in [-0.25, -0.2) is 8.42 Å². The Balaban J connectivity index is 1.83. The van der Waals surface area contributed by atoms with Crippen molar-refractivity contribution in [3.8, 4) is 0 Å². The van der Waals surface area contributed by atoms with Crippen LogP contribution in [0.25, 0.3) is 0 Å². The summed E-state index contributed by atoms with van der Waals surface area (Å²) in [7, 11) is -3.65. The standard InChI is InChI=1S/C15H20N2O5S/c18-15(12-5-8-22-11-12)16-13-3-1-2-4-14(13)23(19,20)17-6-9-21-10-7-17/h1-4,12H,5-11H2,(H,16,18)/t12-/m0/s1. The maximum atomic E-state index is 12.8. The van der Waals surface area contributed by atoms with Crippen molar-refractivity contribution in [2.75, 3.05) is 44.8 Å². The minimum Gasteiger partial charge on any atom is -0.381 e. The molecule has 0 saturated carbocycles. The maximum absolute atomic E-state index is 12.8. The Labute approximate surface area is 135 Å². The fourth-order valence-electron chi connectivity index (χ4n) is 2.70. The Morgan fingerprint density at radius 2 is 1.87 bits per heavy atom. The van der Waals surface area contributed by atoms with Gasteiger partial charge < -0.3 is 14.8 Å². The third-order valence-electron chi connectivity index (χ3n) is 4.03. The van der Waals surface area contributed by atoms with Gasteiger partial charge in [0.2, 0.25) is 15.9 Å². The van der Waals surface area contributed by atoms with Gasteiger partial charge in [0.1, 0.15) is 4.90 Å². The number of anilines is 1. The lowest BCUT2D eigenvalue weighted by atomic mass is 10.1. The summed E-state index contributed by atoms with van der Waals surface area (Å²) in [4.78, 5) is 12.4. The molecule has 8 heteroatoms. The lowest BCUT2D eigenvalue weighted by molar-refractivity contribution is -0.119. The summed E-state index contributed by atoms with van der Waals surface area (Å²) in [5.74, 6) is -0.429. The number of morpholine rings is 1. The van der Waals surface area contributed by atoms with Crippen LogP contribution in [0.4, 0.5) is 5.69 Å². The van der Waals surface area contributed by atoms with Gasteiger partial charge in [-0.1, -0.05) is 12.1 Å². The van der Waals surface area contributed by atoms with Crippen molar-refractivity contribution in [3.63, 3.8) is 0 Å². The van der Waals surface area contributed by atoms with Crippen LogP contribution >= 0.6 is 0 Å². The average molecular weight is 340 g/mol. The van der Waals surface area contributed by atoms with Crippen LogP contribution in [0.2, 0.25) is 0 Å². The first kappa shape index (κ1) is 16.4. The molecule has 23 heavy (non-hydrogen) atoms. The summed E-state index contributed by atoms with van der Waals surface area (Å²) in [6.07, 6.45) is 0.657. The van der Waals surface area contributed by atoms with Gasteiger partial charge in [-0.2, -0.15) is 4.31 Å². The molecule has 1 aromatic rings. The number of nitrogens with one attached hydrogen (secondary N) is 1. The molecular formula is C15H20N2O5S. The van der Waals surface area contributed by atoms with Gasteiger partial charge >= 0.3 is 0 Å². The first-order valence-corrected chi connectivity index (χ1v) is 9.08. The Bertz CT molecular complexity index is 664. The first-order chi connectivity index (χ1) is 11.1. The van der Waals surface area contributed by atoms with Crippen LogP contribution in [0.1, 0.15) is 6.42 Å². The largest absolute Gasteiger partial charge is 0.381 e. The Morgan fingerprint density at radius 3 is 2.57 bits per heavy atom. The molecule has 1 N–H and O–H groups in total. The van der Waals surface area contributed by atoms with E-state index in [1.807, 2.05) is 0 Å². The molecule has 0 spiro atoms. The van der Waals surface area contributed by atoms with E-state index in [1.54, 1.807) is 18.2 Å². The summed E-state index contributed by atoms with van der Waals surface area (Å²) >= 11 is 0. The van der Waals surface area contributed by atoms with Crippen LogP contribution in [0.15, 0.2) is 29.2 Å². The molecule has 0 unspecified atom stereocenters. The van der Waals surface area contributed by atoms with Crippen molar-refractivity contribution < 1.29 is 22.7 Å². The number of para-hydroxylation sites is 1. The third-order valence-corrected chi connectivity index (χ3v) is 5.99. The molecule has 2 aliphatic heterocycles. The summed E-state index contributed by atoms with van der Waals surface area (Å²) in [6, 6.07) is 6.49. The average Bonchev–Trinajstić information content (AvgIpc) is 3.11. The zero-order valence-corrected chi connectivity index (χ0v) is 13.5. The quantitative estimate of drug-likeness (QED) is 0.871. The Hall–Kier alpha value is -1.48. The number of carbonyl (C=O) groups is 1. The van der Waals surface area contributed by atoms with E-state index >= 15 is 0 Å². The number of hydrogen-bond acceptors (Lipinski definition) is 5. The van der Waals surface area contributed by atoms with Crippen LogP contribution in [-0.4, -0.2) is 58.1 Å². The second-order valence-corrected chi connectivity index (χ2v) is 7.47. The number of rotatable bonds is 4. The number of benzene rings is 1. The van der Waals surface area contributed by atoms with E-state index in [9.17, 15) is 13.2 Å². The zero-order chi connectivity index (χ0) is 16.3. The van der Waals surface area contributed by atoms with Gasteiger partial charge in [-0.15, -0.1) is 0 Å². The number of hydrogen-bond donors (Lipinski definition) is 1. The van der Waals surface area contributed by atoms with E-state index in [4.69, 9.17) is 9.47 Å². The molecule has 1 amide bonds. The van der Waals surface area contributed by atoms with Crippen LogP contribution < -0.4 is 5.32 Å². The van der Waals surface area contributed by atoms with Crippen LogP contribution in [0.3, 0.4) is 0 Å². The molecule has 3 rings (SSSR count). The number of ether oxygens (including phenoxy) is 2. The number of nitrogens with zero attached hydrogens (tertiary/aromatic N) is 1. The van der Waals surface area contributed by atoms with E-state index in [0.29, 0.717) is 51.6 Å². The van der Waals surface area contributed by atoms with Gasteiger partial charge in [0.05, 0.1) is 31.4 Å². The molecule has 0 bridgehead atoms. The van der Waals surface area contributed by atoms with Crippen molar-refractivity contribution in [3.05, 3.63) is 24.3 Å². The summed E-state index contributed by atoms with van der Waals surface area (Å²) in [6.45, 7) is 2.35. The molecule has 2 saturated heterocycles. The van der Waals surface area contributed by atoms with E-state index in [-0.39, 0.29) is 16.7 Å². The van der Waals surface area contributed by atoms with E-state index in [1.165, 1.54) is 10.4 Å². The van der Waals surface area contributed by atoms with Crippen molar-refractivity contribution in [2.45, 2.75) is 11.3 Å². The highest BCUT2D eigenvalue weighted by atomic mass is 32.2. The topological polar surface area (TPSA) is 84.9 Å². The van der Waals surface area contributed by atoms with Crippen molar-refractivity contribution in [1.82, 2.24) is 4.31 Å². The van der Waals surface area contributed by atoms with Gasteiger partial charge in [0.25, 0.3) is 0 Å². The second-order valence-electron chi connectivity index (χ2n) is 5.56. The maximum Gasteiger partial charge on any atom is 0.245 e. The van der Waals surface area contributed by atoms with Gasteiger partial charge in [0.15, 0.2) is 0 Å². The molecule has 0 aromatic heterocycles. The number of carbonyl (C=O) groups excluding carboxylic acids is 1. The molecular weight excluding hydrogens is 320 g/mol. The summed E-state index contributed by atoms with van der Waals surface area (Å²) in [5.41, 5.74) is 0.316.